The molecule has 21 heavy (non-hydrogen) atoms. The number of rotatable bonds is 3. The van der Waals surface area contributed by atoms with E-state index in [0.29, 0.717) is 17.6 Å². The highest BCUT2D eigenvalue weighted by Gasteiger charge is 2.54. The van der Waals surface area contributed by atoms with Gasteiger partial charge in [0, 0.05) is 11.0 Å². The molecule has 3 atom stereocenters. The summed E-state index contributed by atoms with van der Waals surface area (Å²) in [6.07, 6.45) is 12.6. The molecule has 0 aromatic heterocycles. The molecule has 0 amide bonds. The largest absolute Gasteiger partial charge is 0.294 e. The second-order valence-electron chi connectivity index (χ2n) is 7.23. The Morgan fingerprint density at radius 1 is 1.29 bits per heavy atom. The Morgan fingerprint density at radius 2 is 2.19 bits per heavy atom. The number of unbranched alkanes of at least 4 members (excludes halogenated alkanes) is 1. The lowest BCUT2D eigenvalue weighted by atomic mass is 9.63. The molecule has 1 spiro atoms. The molecule has 1 aromatic carbocycles. The third-order valence-electron chi connectivity index (χ3n) is 6.06. The van der Waals surface area contributed by atoms with Crippen molar-refractivity contribution in [2.75, 3.05) is 0 Å². The molecule has 2 bridgehead atoms. The van der Waals surface area contributed by atoms with Gasteiger partial charge in [0.15, 0.2) is 5.78 Å². The highest BCUT2D eigenvalue weighted by Crippen LogP contribution is 2.57. The molecule has 0 saturated heterocycles. The van der Waals surface area contributed by atoms with Crippen LogP contribution in [0, 0.1) is 17.3 Å². The average Bonchev–Trinajstić information content (AvgIpc) is 3.10. The minimum absolute atomic E-state index is 0.0469. The van der Waals surface area contributed by atoms with Crippen molar-refractivity contribution in [2.24, 2.45) is 17.3 Å². The predicted octanol–water partition coefficient (Wildman–Crippen LogP) is 4.74. The zero-order chi connectivity index (χ0) is 14.4. The highest BCUT2D eigenvalue weighted by atomic mass is 16.1. The normalized spacial score (nSPS) is 32.9. The van der Waals surface area contributed by atoms with Gasteiger partial charge in [-0.05, 0) is 61.5 Å². The lowest BCUT2D eigenvalue weighted by molar-refractivity contribution is 0.0701. The molecule has 110 valence electrons. The van der Waals surface area contributed by atoms with Gasteiger partial charge in [-0.15, -0.1) is 0 Å². The molecule has 1 nitrogen and oxygen atoms in total. The molecule has 1 saturated carbocycles. The number of hydrogen-bond acceptors (Lipinski definition) is 1. The van der Waals surface area contributed by atoms with E-state index in [1.54, 1.807) is 0 Å². The Labute approximate surface area is 127 Å². The van der Waals surface area contributed by atoms with E-state index in [4.69, 9.17) is 0 Å². The quantitative estimate of drug-likeness (QED) is 0.731. The van der Waals surface area contributed by atoms with Crippen LogP contribution >= 0.6 is 0 Å². The first-order chi connectivity index (χ1) is 10.2. The van der Waals surface area contributed by atoms with Crippen molar-refractivity contribution in [2.45, 2.75) is 51.9 Å². The van der Waals surface area contributed by atoms with Gasteiger partial charge in [-0.3, -0.25) is 4.79 Å². The van der Waals surface area contributed by atoms with Gasteiger partial charge in [0.2, 0.25) is 0 Å². The third-order valence-corrected chi connectivity index (χ3v) is 6.06. The first-order valence-corrected chi connectivity index (χ1v) is 8.58. The molecule has 1 heteroatoms. The summed E-state index contributed by atoms with van der Waals surface area (Å²) in [6, 6.07) is 6.52. The third kappa shape index (κ3) is 1.86. The van der Waals surface area contributed by atoms with Crippen LogP contribution in [0.1, 0.15) is 60.5 Å². The predicted molar refractivity (Wildman–Crippen MR) is 85.5 cm³/mol. The fourth-order valence-corrected chi connectivity index (χ4v) is 4.95. The van der Waals surface area contributed by atoms with Crippen LogP contribution in [0.3, 0.4) is 0 Å². The zero-order valence-corrected chi connectivity index (χ0v) is 12.9. The molecule has 4 rings (SSSR count). The standard InChI is InChI=1S/C20H24O/c1-2-3-5-15-6-4-7-16-10-11-20(19(21)18(15)16)13-14-8-9-17(20)12-14/h4,6-9,14,17H,2-3,5,10-13H2,1H3. The van der Waals surface area contributed by atoms with Crippen LogP contribution in [-0.2, 0) is 12.8 Å². The topological polar surface area (TPSA) is 17.1 Å². The summed E-state index contributed by atoms with van der Waals surface area (Å²) in [5, 5.41) is 0. The smallest absolute Gasteiger partial charge is 0.170 e. The lowest BCUT2D eigenvalue weighted by Gasteiger charge is -2.39. The maximum Gasteiger partial charge on any atom is 0.170 e. The van der Waals surface area contributed by atoms with E-state index in [-0.39, 0.29) is 5.41 Å². The second kappa shape index (κ2) is 4.83. The van der Waals surface area contributed by atoms with Crippen LogP contribution in [0.2, 0.25) is 0 Å². The molecule has 1 fully saturated rings. The second-order valence-corrected chi connectivity index (χ2v) is 7.23. The average molecular weight is 280 g/mol. The summed E-state index contributed by atoms with van der Waals surface area (Å²) >= 11 is 0. The van der Waals surface area contributed by atoms with E-state index >= 15 is 0 Å². The minimum Gasteiger partial charge on any atom is -0.294 e. The maximum absolute atomic E-state index is 13.4. The summed E-state index contributed by atoms with van der Waals surface area (Å²) < 4.78 is 0. The van der Waals surface area contributed by atoms with E-state index in [1.165, 1.54) is 30.4 Å². The molecule has 0 heterocycles. The van der Waals surface area contributed by atoms with E-state index in [9.17, 15) is 4.79 Å². The number of hydrogen-bond donors (Lipinski definition) is 0. The van der Waals surface area contributed by atoms with Crippen LogP contribution in [-0.4, -0.2) is 5.78 Å². The molecular weight excluding hydrogens is 256 g/mol. The van der Waals surface area contributed by atoms with Crippen LogP contribution < -0.4 is 0 Å². The molecule has 3 aliphatic carbocycles. The lowest BCUT2D eigenvalue weighted by Crippen LogP contribution is -2.40. The number of Topliss-reactive ketones (excluding diaryl/α,β-unsaturated/α-hetero) is 1. The summed E-state index contributed by atoms with van der Waals surface area (Å²) in [7, 11) is 0. The summed E-state index contributed by atoms with van der Waals surface area (Å²) in [5.74, 6) is 1.66. The molecular formula is C20H24O. The first-order valence-electron chi connectivity index (χ1n) is 8.58. The van der Waals surface area contributed by atoms with Crippen molar-refractivity contribution in [3.05, 3.63) is 47.0 Å². The van der Waals surface area contributed by atoms with E-state index in [2.05, 4.69) is 37.3 Å². The van der Waals surface area contributed by atoms with Crippen LogP contribution in [0.5, 0.6) is 0 Å². The Balaban J connectivity index is 1.75. The number of carbonyl (C=O) groups is 1. The Morgan fingerprint density at radius 3 is 2.90 bits per heavy atom. The van der Waals surface area contributed by atoms with Crippen molar-refractivity contribution in [1.29, 1.82) is 0 Å². The summed E-state index contributed by atoms with van der Waals surface area (Å²) in [5.41, 5.74) is 3.68. The molecule has 0 N–H and O–H groups in total. The van der Waals surface area contributed by atoms with Crippen molar-refractivity contribution >= 4 is 5.78 Å². The summed E-state index contributed by atoms with van der Waals surface area (Å²) in [6.45, 7) is 2.22. The van der Waals surface area contributed by atoms with Gasteiger partial charge in [0.25, 0.3) is 0 Å². The number of allylic oxidation sites excluding steroid dienone is 2. The molecule has 3 aliphatic rings. The van der Waals surface area contributed by atoms with Crippen molar-refractivity contribution < 1.29 is 4.79 Å². The highest BCUT2D eigenvalue weighted by molar-refractivity contribution is 6.04. The Hall–Kier alpha value is -1.37. The molecule has 1 aromatic rings. The van der Waals surface area contributed by atoms with Gasteiger partial charge in [-0.25, -0.2) is 0 Å². The number of aryl methyl sites for hydroxylation is 2. The van der Waals surface area contributed by atoms with Crippen LogP contribution in [0.4, 0.5) is 0 Å². The fraction of sp³-hybridized carbons (Fsp3) is 0.550. The number of ketones is 1. The number of benzene rings is 1. The van der Waals surface area contributed by atoms with Crippen molar-refractivity contribution in [3.8, 4) is 0 Å². The molecule has 0 aliphatic heterocycles. The Kier molecular flexibility index (Phi) is 3.06. The van der Waals surface area contributed by atoms with Gasteiger partial charge >= 0.3 is 0 Å². The first kappa shape index (κ1) is 13.3. The maximum atomic E-state index is 13.4. The van der Waals surface area contributed by atoms with Crippen LogP contribution in [0.15, 0.2) is 30.4 Å². The minimum atomic E-state index is -0.0469. The summed E-state index contributed by atoms with van der Waals surface area (Å²) in [4.78, 5) is 13.4. The van der Waals surface area contributed by atoms with E-state index in [1.807, 2.05) is 0 Å². The monoisotopic (exact) mass is 280 g/mol. The zero-order valence-electron chi connectivity index (χ0n) is 12.9. The van der Waals surface area contributed by atoms with Crippen molar-refractivity contribution in [3.63, 3.8) is 0 Å². The van der Waals surface area contributed by atoms with E-state index < -0.39 is 0 Å². The molecule has 3 unspecified atom stereocenters. The van der Waals surface area contributed by atoms with Gasteiger partial charge in [0.05, 0.1) is 0 Å². The van der Waals surface area contributed by atoms with Gasteiger partial charge in [-0.2, -0.15) is 0 Å². The SMILES string of the molecule is CCCCc1cccc2c1C(=O)C1(CC2)CC2C=CC1C2. The number of carbonyl (C=O) groups excluding carboxylic acids is 1. The van der Waals surface area contributed by atoms with Gasteiger partial charge < -0.3 is 0 Å². The van der Waals surface area contributed by atoms with Gasteiger partial charge in [0.1, 0.15) is 0 Å². The fourth-order valence-electron chi connectivity index (χ4n) is 4.95. The van der Waals surface area contributed by atoms with E-state index in [0.717, 1.165) is 31.2 Å². The van der Waals surface area contributed by atoms with Crippen LogP contribution in [0.25, 0.3) is 0 Å². The Bertz CT molecular complexity index is 612. The molecule has 0 radical (unpaired) electrons. The van der Waals surface area contributed by atoms with Gasteiger partial charge in [-0.1, -0.05) is 43.7 Å². The number of fused-ring (bicyclic) bond motifs is 4. The van der Waals surface area contributed by atoms with Crippen molar-refractivity contribution in [1.82, 2.24) is 0 Å².